The minimum Gasteiger partial charge on any atom is -0.490 e. The van der Waals surface area contributed by atoms with Crippen LogP contribution < -0.4 is 15.0 Å². The Morgan fingerprint density at radius 1 is 0.949 bits per heavy atom. The molecule has 0 bridgehead atoms. The van der Waals surface area contributed by atoms with Crippen LogP contribution in [0.25, 0.3) is 10.9 Å². The number of amides is 1. The fourth-order valence-corrected chi connectivity index (χ4v) is 6.06. The molecule has 1 amide bonds. The number of likely N-dealkylation sites (N-methyl/N-ethyl adjacent to an activating group) is 1. The van der Waals surface area contributed by atoms with Gasteiger partial charge in [0.1, 0.15) is 29.8 Å². The van der Waals surface area contributed by atoms with Crippen LogP contribution in [0.3, 0.4) is 0 Å². The van der Waals surface area contributed by atoms with Crippen molar-refractivity contribution in [3.05, 3.63) is 42.4 Å². The number of pyridine rings is 1. The number of aromatic nitrogens is 3. The summed E-state index contributed by atoms with van der Waals surface area (Å²) in [5, 5.41) is 4.45. The van der Waals surface area contributed by atoms with E-state index in [0.717, 1.165) is 104 Å². The van der Waals surface area contributed by atoms with E-state index in [9.17, 15) is 4.79 Å². The molecular weight excluding hydrogens is 490 g/mol. The lowest BCUT2D eigenvalue weighted by Gasteiger charge is -2.34. The van der Waals surface area contributed by atoms with Gasteiger partial charge in [-0.15, -0.1) is 0 Å². The molecule has 2 aromatic heterocycles. The molecule has 0 spiro atoms. The summed E-state index contributed by atoms with van der Waals surface area (Å²) in [6, 6.07) is 8.27. The predicted molar refractivity (Wildman–Crippen MR) is 154 cm³/mol. The Hall–Kier alpha value is -3.46. The van der Waals surface area contributed by atoms with Gasteiger partial charge >= 0.3 is 0 Å². The highest BCUT2D eigenvalue weighted by Gasteiger charge is 2.30. The highest BCUT2D eigenvalue weighted by Crippen LogP contribution is 2.31. The minimum absolute atomic E-state index is 0.140. The summed E-state index contributed by atoms with van der Waals surface area (Å²) in [7, 11) is 2.15. The molecule has 0 atom stereocenters. The van der Waals surface area contributed by atoms with E-state index >= 15 is 0 Å². The van der Waals surface area contributed by atoms with Crippen LogP contribution in [-0.2, 0) is 4.79 Å². The molecule has 1 aliphatic carbocycles. The van der Waals surface area contributed by atoms with Crippen molar-refractivity contribution in [3.8, 4) is 5.75 Å². The number of benzene rings is 1. The van der Waals surface area contributed by atoms with E-state index in [-0.39, 0.29) is 12.0 Å². The van der Waals surface area contributed by atoms with Gasteiger partial charge in [0.2, 0.25) is 5.91 Å². The number of hydrogen-bond donors (Lipinski definition) is 1. The fourth-order valence-electron chi connectivity index (χ4n) is 6.06. The van der Waals surface area contributed by atoms with Crippen molar-refractivity contribution in [3.63, 3.8) is 0 Å². The lowest BCUT2D eigenvalue weighted by Crippen LogP contribution is -2.44. The lowest BCUT2D eigenvalue weighted by atomic mass is 10.0. The van der Waals surface area contributed by atoms with Gasteiger partial charge in [-0.1, -0.05) is 12.8 Å². The van der Waals surface area contributed by atoms with Crippen LogP contribution in [0.1, 0.15) is 44.1 Å². The van der Waals surface area contributed by atoms with Crippen LogP contribution in [0.5, 0.6) is 5.75 Å². The molecule has 3 aliphatic rings. The largest absolute Gasteiger partial charge is 0.490 e. The Kier molecular flexibility index (Phi) is 7.50. The quantitative estimate of drug-likeness (QED) is 0.503. The van der Waals surface area contributed by atoms with Gasteiger partial charge in [-0.2, -0.15) is 0 Å². The third-order valence-electron chi connectivity index (χ3n) is 8.52. The van der Waals surface area contributed by atoms with Crippen LogP contribution in [-0.4, -0.2) is 83.1 Å². The van der Waals surface area contributed by atoms with Crippen LogP contribution in [0.15, 0.2) is 36.8 Å². The van der Waals surface area contributed by atoms with Crippen molar-refractivity contribution in [2.24, 2.45) is 5.92 Å². The van der Waals surface area contributed by atoms with Gasteiger partial charge in [-0.05, 0) is 56.6 Å². The van der Waals surface area contributed by atoms with Crippen LogP contribution >= 0.6 is 0 Å². The first-order valence-electron chi connectivity index (χ1n) is 14.4. The Morgan fingerprint density at radius 2 is 1.72 bits per heavy atom. The van der Waals surface area contributed by atoms with Gasteiger partial charge in [-0.25, -0.2) is 15.0 Å². The summed E-state index contributed by atoms with van der Waals surface area (Å²) >= 11 is 0. The number of anilines is 3. The maximum Gasteiger partial charge on any atom is 0.225 e. The van der Waals surface area contributed by atoms with Crippen LogP contribution in [0, 0.1) is 12.8 Å². The first kappa shape index (κ1) is 25.8. The van der Waals surface area contributed by atoms with E-state index in [1.807, 2.05) is 18.3 Å². The number of nitrogens with zero attached hydrogens (tertiary/aromatic N) is 6. The van der Waals surface area contributed by atoms with E-state index in [4.69, 9.17) is 4.74 Å². The first-order valence-corrected chi connectivity index (χ1v) is 14.4. The zero-order chi connectivity index (χ0) is 26.8. The van der Waals surface area contributed by atoms with Crippen LogP contribution in [0.2, 0.25) is 0 Å². The van der Waals surface area contributed by atoms with Crippen molar-refractivity contribution in [2.75, 3.05) is 56.5 Å². The SMILES string of the molecule is Cc1cc(Nc2ncnc3cnc(N4CCN(C)CC4)cc23)ccc1OC1CCN(C(=O)C2CCCC2)CC1. The summed E-state index contributed by atoms with van der Waals surface area (Å²) in [6.45, 7) is 7.65. The number of fused-ring (bicyclic) bond motifs is 1. The molecule has 3 fully saturated rings. The predicted octanol–water partition coefficient (Wildman–Crippen LogP) is 4.39. The average Bonchev–Trinajstić information content (AvgIpc) is 3.50. The van der Waals surface area contributed by atoms with Gasteiger partial charge in [0.05, 0.1) is 11.7 Å². The van der Waals surface area contributed by atoms with Crippen molar-refractivity contribution >= 4 is 34.1 Å². The average molecular weight is 530 g/mol. The number of likely N-dealkylation sites (tertiary alicyclic amines) is 1. The molecule has 39 heavy (non-hydrogen) atoms. The number of piperidine rings is 1. The number of hydrogen-bond acceptors (Lipinski definition) is 8. The summed E-state index contributed by atoms with van der Waals surface area (Å²) in [5.74, 6) is 3.25. The summed E-state index contributed by atoms with van der Waals surface area (Å²) in [6.07, 6.45) is 9.85. The second-order valence-corrected chi connectivity index (χ2v) is 11.3. The van der Waals surface area contributed by atoms with Crippen molar-refractivity contribution < 1.29 is 9.53 Å². The molecular formula is C30H39N7O2. The van der Waals surface area contributed by atoms with Crippen LogP contribution in [0.4, 0.5) is 17.3 Å². The topological polar surface area (TPSA) is 86.7 Å². The number of piperazine rings is 1. The lowest BCUT2D eigenvalue weighted by molar-refractivity contribution is -0.137. The Bertz CT molecular complexity index is 1310. The molecule has 1 N–H and O–H groups in total. The molecule has 206 valence electrons. The number of aryl methyl sites for hydroxylation is 1. The van der Waals surface area contributed by atoms with Gasteiger partial charge in [0.25, 0.3) is 0 Å². The summed E-state index contributed by atoms with van der Waals surface area (Å²) in [4.78, 5) is 33.1. The number of nitrogens with one attached hydrogen (secondary N) is 1. The van der Waals surface area contributed by atoms with Gasteiger partial charge in [0.15, 0.2) is 0 Å². The van der Waals surface area contributed by atoms with E-state index in [1.54, 1.807) is 6.33 Å². The summed E-state index contributed by atoms with van der Waals surface area (Å²) < 4.78 is 6.40. The molecule has 2 aliphatic heterocycles. The van der Waals surface area contributed by atoms with E-state index in [1.165, 1.54) is 12.8 Å². The Morgan fingerprint density at radius 3 is 2.46 bits per heavy atom. The second kappa shape index (κ2) is 11.3. The molecule has 9 heteroatoms. The standard InChI is InChI=1S/C30H39N7O2/c1-21-17-23(7-8-27(21)39-24-9-11-37(12-10-24)30(38)22-5-3-4-6-22)34-29-25-18-28(31-19-26(25)32-20-33-29)36-15-13-35(2)14-16-36/h7-8,17-20,22,24H,3-6,9-16H2,1-2H3,(H,32,33,34). The normalized spacial score (nSPS) is 19.5. The molecule has 4 heterocycles. The zero-order valence-electron chi connectivity index (χ0n) is 23.1. The molecule has 1 saturated carbocycles. The zero-order valence-corrected chi connectivity index (χ0v) is 23.1. The van der Waals surface area contributed by atoms with Gasteiger partial charge in [-0.3, -0.25) is 4.79 Å². The van der Waals surface area contributed by atoms with Crippen molar-refractivity contribution in [2.45, 2.75) is 51.6 Å². The van der Waals surface area contributed by atoms with E-state index in [0.29, 0.717) is 5.91 Å². The number of rotatable bonds is 6. The fraction of sp³-hybridized carbons (Fsp3) is 0.533. The monoisotopic (exact) mass is 529 g/mol. The highest BCUT2D eigenvalue weighted by atomic mass is 16.5. The first-order chi connectivity index (χ1) is 19.0. The molecule has 3 aromatic rings. The smallest absolute Gasteiger partial charge is 0.225 e. The number of carbonyl (C=O) groups is 1. The van der Waals surface area contributed by atoms with Crippen molar-refractivity contribution in [1.29, 1.82) is 0 Å². The maximum atomic E-state index is 12.8. The Labute approximate surface area is 230 Å². The van der Waals surface area contributed by atoms with Gasteiger partial charge < -0.3 is 24.8 Å². The molecule has 0 unspecified atom stereocenters. The molecule has 9 nitrogen and oxygen atoms in total. The number of carbonyl (C=O) groups excluding carboxylic acids is 1. The third-order valence-corrected chi connectivity index (χ3v) is 8.52. The maximum absolute atomic E-state index is 12.8. The van der Waals surface area contributed by atoms with Crippen molar-refractivity contribution in [1.82, 2.24) is 24.8 Å². The number of ether oxygens (including phenoxy) is 1. The van der Waals surface area contributed by atoms with E-state index < -0.39 is 0 Å². The molecule has 2 saturated heterocycles. The van der Waals surface area contributed by atoms with E-state index in [2.05, 4.69) is 61.1 Å². The minimum atomic E-state index is 0.140. The molecule has 0 radical (unpaired) electrons. The van der Waals surface area contributed by atoms with Gasteiger partial charge in [0, 0.05) is 69.1 Å². The third kappa shape index (κ3) is 5.78. The summed E-state index contributed by atoms with van der Waals surface area (Å²) in [5.41, 5.74) is 2.84. The second-order valence-electron chi connectivity index (χ2n) is 11.3. The molecule has 1 aromatic carbocycles. The molecule has 6 rings (SSSR count). The Balaban J connectivity index is 1.10. The highest BCUT2D eigenvalue weighted by molar-refractivity contribution is 5.92.